The van der Waals surface area contributed by atoms with E-state index in [1.807, 2.05) is 45.0 Å². The van der Waals surface area contributed by atoms with Gasteiger partial charge in [0.15, 0.2) is 11.5 Å². The molecule has 0 aliphatic carbocycles. The highest BCUT2D eigenvalue weighted by Crippen LogP contribution is 2.18. The second kappa shape index (κ2) is 8.12. The Hall–Kier alpha value is -2.63. The van der Waals surface area contributed by atoms with Crippen molar-refractivity contribution in [3.8, 4) is 5.75 Å². The highest BCUT2D eigenvalue weighted by molar-refractivity contribution is 5.92. The third-order valence-electron chi connectivity index (χ3n) is 3.32. The molecule has 0 saturated carbocycles. The predicted molar refractivity (Wildman–Crippen MR) is 90.1 cm³/mol. The van der Waals surface area contributed by atoms with Crippen molar-refractivity contribution in [2.24, 2.45) is 0 Å². The summed E-state index contributed by atoms with van der Waals surface area (Å²) < 4.78 is 5.39. The van der Waals surface area contributed by atoms with Crippen LogP contribution in [0.25, 0.3) is 0 Å². The number of rotatable bonds is 7. The molecule has 2 N–H and O–H groups in total. The topological polar surface area (TPSA) is 76.1 Å². The summed E-state index contributed by atoms with van der Waals surface area (Å²) in [6.07, 6.45) is 0.872. The Kier molecular flexibility index (Phi) is 5.91. The van der Waals surface area contributed by atoms with Crippen LogP contribution in [-0.2, 0) is 0 Å². The molecule has 122 valence electrons. The first-order chi connectivity index (χ1) is 11.1. The number of aromatic nitrogens is 2. The Morgan fingerprint density at radius 1 is 1.13 bits per heavy atom. The van der Waals surface area contributed by atoms with Crippen LogP contribution in [0.3, 0.4) is 0 Å². The van der Waals surface area contributed by atoms with Crippen LogP contribution in [0.5, 0.6) is 5.75 Å². The van der Waals surface area contributed by atoms with Crippen LogP contribution in [0.4, 0.5) is 11.5 Å². The van der Waals surface area contributed by atoms with Gasteiger partial charge >= 0.3 is 0 Å². The minimum absolute atomic E-state index is 0.117. The van der Waals surface area contributed by atoms with Crippen LogP contribution < -0.4 is 15.4 Å². The van der Waals surface area contributed by atoms with Crippen molar-refractivity contribution in [1.29, 1.82) is 0 Å². The number of nitrogens with one attached hydrogen (secondary N) is 2. The summed E-state index contributed by atoms with van der Waals surface area (Å²) in [5.41, 5.74) is 1.18. The first-order valence-electron chi connectivity index (χ1n) is 7.76. The monoisotopic (exact) mass is 314 g/mol. The van der Waals surface area contributed by atoms with Crippen LogP contribution in [0.2, 0.25) is 0 Å². The number of ether oxygens (including phenoxy) is 1. The van der Waals surface area contributed by atoms with Crippen molar-refractivity contribution >= 4 is 17.4 Å². The Morgan fingerprint density at radius 2 is 1.87 bits per heavy atom. The van der Waals surface area contributed by atoms with Gasteiger partial charge in [-0.25, -0.2) is 0 Å². The molecule has 0 aliphatic rings. The van der Waals surface area contributed by atoms with Gasteiger partial charge in [-0.15, -0.1) is 10.2 Å². The Balaban J connectivity index is 1.98. The first kappa shape index (κ1) is 16.7. The molecule has 2 aromatic rings. The van der Waals surface area contributed by atoms with Gasteiger partial charge in [-0.3, -0.25) is 4.79 Å². The van der Waals surface area contributed by atoms with E-state index in [1.165, 1.54) is 0 Å². The van der Waals surface area contributed by atoms with Gasteiger partial charge in [-0.1, -0.05) is 6.92 Å². The number of benzene rings is 1. The fourth-order valence-electron chi connectivity index (χ4n) is 1.87. The molecule has 0 spiro atoms. The number of carbonyl (C=O) groups is 1. The van der Waals surface area contributed by atoms with Gasteiger partial charge in [0.2, 0.25) is 0 Å². The summed E-state index contributed by atoms with van der Waals surface area (Å²) in [7, 11) is 0. The fraction of sp³-hybridized carbons (Fsp3) is 0.353. The van der Waals surface area contributed by atoms with E-state index >= 15 is 0 Å². The summed E-state index contributed by atoms with van der Waals surface area (Å²) in [5, 5.41) is 14.0. The van der Waals surface area contributed by atoms with E-state index in [9.17, 15) is 4.79 Å². The molecular weight excluding hydrogens is 292 g/mol. The number of amides is 1. The summed E-state index contributed by atoms with van der Waals surface area (Å²) in [6, 6.07) is 11.1. The standard InChI is InChI=1S/C17H22N4O2/c1-4-12(3)18-17(22)15-10-11-16(21-20-15)19-13-6-8-14(9-7-13)23-5-2/h6-12H,4-5H2,1-3H3,(H,18,22)(H,19,21). The Bertz CT molecular complexity index is 626. The average Bonchev–Trinajstić information content (AvgIpc) is 2.57. The van der Waals surface area contributed by atoms with Crippen molar-refractivity contribution in [2.45, 2.75) is 33.2 Å². The van der Waals surface area contributed by atoms with E-state index in [2.05, 4.69) is 20.8 Å². The molecule has 23 heavy (non-hydrogen) atoms. The van der Waals surface area contributed by atoms with Crippen molar-refractivity contribution < 1.29 is 9.53 Å². The largest absolute Gasteiger partial charge is 0.494 e. The SMILES string of the molecule is CCOc1ccc(Nc2ccc(C(=O)NC(C)CC)nn2)cc1. The second-order valence-corrected chi connectivity index (χ2v) is 5.17. The van der Waals surface area contributed by atoms with Crippen molar-refractivity contribution in [2.75, 3.05) is 11.9 Å². The Labute approximate surface area is 136 Å². The normalized spacial score (nSPS) is 11.6. The van der Waals surface area contributed by atoms with E-state index in [0.717, 1.165) is 17.9 Å². The summed E-state index contributed by atoms with van der Waals surface area (Å²) in [4.78, 5) is 11.9. The fourth-order valence-corrected chi connectivity index (χ4v) is 1.87. The van der Waals surface area contributed by atoms with E-state index in [1.54, 1.807) is 12.1 Å². The number of hydrogen-bond donors (Lipinski definition) is 2. The van der Waals surface area contributed by atoms with Gasteiger partial charge in [-0.05, 0) is 56.7 Å². The molecule has 1 atom stereocenters. The quantitative estimate of drug-likeness (QED) is 0.821. The highest BCUT2D eigenvalue weighted by atomic mass is 16.5. The van der Waals surface area contributed by atoms with Crippen molar-refractivity contribution in [3.05, 3.63) is 42.1 Å². The molecule has 1 aromatic heterocycles. The predicted octanol–water partition coefficient (Wildman–Crippen LogP) is 3.15. The van der Waals surface area contributed by atoms with Gasteiger partial charge in [0, 0.05) is 11.7 Å². The van der Waals surface area contributed by atoms with Gasteiger partial charge in [0.05, 0.1) is 6.61 Å². The number of nitrogens with zero attached hydrogens (tertiary/aromatic N) is 2. The highest BCUT2D eigenvalue weighted by Gasteiger charge is 2.10. The maximum atomic E-state index is 11.9. The molecule has 0 fully saturated rings. The van der Waals surface area contributed by atoms with Gasteiger partial charge in [0.1, 0.15) is 5.75 Å². The molecule has 1 aromatic carbocycles. The lowest BCUT2D eigenvalue weighted by atomic mass is 10.2. The van der Waals surface area contributed by atoms with Crippen molar-refractivity contribution in [1.82, 2.24) is 15.5 Å². The first-order valence-corrected chi connectivity index (χ1v) is 7.76. The average molecular weight is 314 g/mol. The number of anilines is 2. The van der Waals surface area contributed by atoms with E-state index < -0.39 is 0 Å². The van der Waals surface area contributed by atoms with Crippen LogP contribution >= 0.6 is 0 Å². The zero-order chi connectivity index (χ0) is 16.7. The van der Waals surface area contributed by atoms with E-state index in [-0.39, 0.29) is 11.9 Å². The molecular formula is C17H22N4O2. The van der Waals surface area contributed by atoms with E-state index in [4.69, 9.17) is 4.74 Å². The molecule has 1 unspecified atom stereocenters. The zero-order valence-corrected chi connectivity index (χ0v) is 13.7. The number of carbonyl (C=O) groups excluding carboxylic acids is 1. The van der Waals surface area contributed by atoms with E-state index in [0.29, 0.717) is 18.1 Å². The summed E-state index contributed by atoms with van der Waals surface area (Å²) in [5.74, 6) is 1.19. The summed E-state index contributed by atoms with van der Waals surface area (Å²) in [6.45, 7) is 6.55. The van der Waals surface area contributed by atoms with Crippen molar-refractivity contribution in [3.63, 3.8) is 0 Å². The molecule has 0 aliphatic heterocycles. The molecule has 6 nitrogen and oxygen atoms in total. The molecule has 0 saturated heterocycles. The van der Waals surface area contributed by atoms with Crippen LogP contribution in [0.1, 0.15) is 37.7 Å². The minimum atomic E-state index is -0.209. The second-order valence-electron chi connectivity index (χ2n) is 5.17. The maximum absolute atomic E-state index is 11.9. The van der Waals surface area contributed by atoms with Crippen LogP contribution in [0, 0.1) is 0 Å². The third-order valence-corrected chi connectivity index (χ3v) is 3.32. The minimum Gasteiger partial charge on any atom is -0.494 e. The maximum Gasteiger partial charge on any atom is 0.272 e. The molecule has 1 amide bonds. The molecule has 2 rings (SSSR count). The number of hydrogen-bond acceptors (Lipinski definition) is 5. The molecule has 6 heteroatoms. The van der Waals surface area contributed by atoms with Crippen LogP contribution in [-0.4, -0.2) is 28.8 Å². The zero-order valence-electron chi connectivity index (χ0n) is 13.7. The third kappa shape index (κ3) is 4.95. The smallest absolute Gasteiger partial charge is 0.272 e. The van der Waals surface area contributed by atoms with Gasteiger partial charge < -0.3 is 15.4 Å². The molecule has 1 heterocycles. The molecule has 0 bridgehead atoms. The lowest BCUT2D eigenvalue weighted by Crippen LogP contribution is -2.32. The summed E-state index contributed by atoms with van der Waals surface area (Å²) >= 11 is 0. The Morgan fingerprint density at radius 3 is 2.43 bits per heavy atom. The lowest BCUT2D eigenvalue weighted by Gasteiger charge is -2.11. The van der Waals surface area contributed by atoms with Gasteiger partial charge in [-0.2, -0.15) is 0 Å². The molecule has 0 radical (unpaired) electrons. The van der Waals surface area contributed by atoms with Gasteiger partial charge in [0.25, 0.3) is 5.91 Å². The lowest BCUT2D eigenvalue weighted by molar-refractivity contribution is 0.0933. The van der Waals surface area contributed by atoms with Crippen LogP contribution in [0.15, 0.2) is 36.4 Å².